The molecule has 0 spiro atoms. The maximum absolute atomic E-state index is 12.5. The molecule has 4 rings (SSSR count). The van der Waals surface area contributed by atoms with Crippen LogP contribution in [0.1, 0.15) is 11.1 Å². The number of aryl methyl sites for hydroxylation is 1. The first-order valence-corrected chi connectivity index (χ1v) is 11.5. The predicted octanol–water partition coefficient (Wildman–Crippen LogP) is 4.16. The van der Waals surface area contributed by atoms with Gasteiger partial charge < -0.3 is 5.32 Å². The Kier molecular flexibility index (Phi) is 6.04. The van der Waals surface area contributed by atoms with Gasteiger partial charge in [-0.1, -0.05) is 35.9 Å². The minimum absolute atomic E-state index is 0.175. The van der Waals surface area contributed by atoms with Crippen LogP contribution in [0.3, 0.4) is 0 Å². The highest BCUT2D eigenvalue weighted by molar-refractivity contribution is 7.92. The average molecular weight is 447 g/mol. The number of benzene rings is 3. The molecule has 2 N–H and O–H groups in total. The summed E-state index contributed by atoms with van der Waals surface area (Å²) in [5, 5.41) is 7.11. The van der Waals surface area contributed by atoms with Gasteiger partial charge >= 0.3 is 0 Å². The van der Waals surface area contributed by atoms with Crippen molar-refractivity contribution in [1.82, 2.24) is 9.78 Å². The Labute approximate surface area is 186 Å². The smallest absolute Gasteiger partial charge is 0.261 e. The number of nitrogens with zero attached hydrogens (tertiary/aromatic N) is 2. The Balaban J connectivity index is 1.36. The third-order valence-electron chi connectivity index (χ3n) is 4.77. The molecule has 0 saturated heterocycles. The van der Waals surface area contributed by atoms with Crippen molar-refractivity contribution in [3.05, 3.63) is 102 Å². The van der Waals surface area contributed by atoms with Gasteiger partial charge in [0.1, 0.15) is 0 Å². The van der Waals surface area contributed by atoms with Crippen molar-refractivity contribution in [2.24, 2.45) is 0 Å². The summed E-state index contributed by atoms with van der Waals surface area (Å²) in [4.78, 5) is 12.6. The first kappa shape index (κ1) is 21.3. The van der Waals surface area contributed by atoms with Crippen molar-refractivity contribution in [3.8, 4) is 5.69 Å². The fourth-order valence-electron chi connectivity index (χ4n) is 3.12. The minimum atomic E-state index is -3.67. The van der Waals surface area contributed by atoms with Crippen molar-refractivity contribution in [1.29, 1.82) is 0 Å². The van der Waals surface area contributed by atoms with E-state index in [0.29, 0.717) is 11.4 Å². The quantitative estimate of drug-likeness (QED) is 0.446. The van der Waals surface area contributed by atoms with E-state index in [4.69, 9.17) is 0 Å². The number of amides is 1. The van der Waals surface area contributed by atoms with Crippen LogP contribution in [0.25, 0.3) is 5.69 Å². The number of para-hydroxylation sites is 1. The molecule has 1 aromatic heterocycles. The molecule has 0 aliphatic rings. The molecule has 3 aromatic carbocycles. The van der Waals surface area contributed by atoms with Crippen molar-refractivity contribution in [2.75, 3.05) is 10.0 Å². The van der Waals surface area contributed by atoms with E-state index < -0.39 is 10.0 Å². The van der Waals surface area contributed by atoms with Gasteiger partial charge in [0, 0.05) is 17.6 Å². The number of hydrogen-bond donors (Lipinski definition) is 2. The van der Waals surface area contributed by atoms with Crippen molar-refractivity contribution in [3.63, 3.8) is 0 Å². The van der Waals surface area contributed by atoms with Gasteiger partial charge in [0.15, 0.2) is 0 Å². The Morgan fingerprint density at radius 3 is 2.25 bits per heavy atom. The standard InChI is InChI=1S/C24H22N4O3S/c1-18-7-13-23(14-8-18)32(30,31)27-21-11-9-20(10-12-21)26-24(29)15-19-16-25-28(17-19)22-5-3-2-4-6-22/h2-14,16-17,27H,15H2,1H3,(H,26,29). The molecule has 0 atom stereocenters. The van der Waals surface area contributed by atoms with Crippen molar-refractivity contribution >= 4 is 27.3 Å². The summed E-state index contributed by atoms with van der Waals surface area (Å²) in [6.07, 6.45) is 3.65. The largest absolute Gasteiger partial charge is 0.326 e. The molecule has 0 bridgehead atoms. The van der Waals surface area contributed by atoms with Crippen LogP contribution in [0, 0.1) is 6.92 Å². The summed E-state index contributed by atoms with van der Waals surface area (Å²) in [7, 11) is -3.67. The molecule has 32 heavy (non-hydrogen) atoms. The molecule has 1 heterocycles. The van der Waals surface area contributed by atoms with Crippen LogP contribution in [-0.2, 0) is 21.2 Å². The lowest BCUT2D eigenvalue weighted by molar-refractivity contribution is -0.115. The highest BCUT2D eigenvalue weighted by atomic mass is 32.2. The molecule has 4 aromatic rings. The molecular weight excluding hydrogens is 424 g/mol. The van der Waals surface area contributed by atoms with E-state index in [9.17, 15) is 13.2 Å². The third kappa shape index (κ3) is 5.22. The number of carbonyl (C=O) groups excluding carboxylic acids is 1. The number of sulfonamides is 1. The predicted molar refractivity (Wildman–Crippen MR) is 124 cm³/mol. The third-order valence-corrected chi connectivity index (χ3v) is 6.17. The summed E-state index contributed by atoms with van der Waals surface area (Å²) in [6, 6.07) is 22.8. The molecule has 8 heteroatoms. The molecule has 0 radical (unpaired) electrons. The average Bonchev–Trinajstić information content (AvgIpc) is 3.24. The summed E-state index contributed by atoms with van der Waals surface area (Å²) in [5.74, 6) is -0.189. The zero-order valence-electron chi connectivity index (χ0n) is 17.4. The number of aromatic nitrogens is 2. The van der Waals surface area contributed by atoms with E-state index in [0.717, 1.165) is 16.8 Å². The van der Waals surface area contributed by atoms with Gasteiger partial charge in [0.25, 0.3) is 10.0 Å². The summed E-state index contributed by atoms with van der Waals surface area (Å²) in [5.41, 5.74) is 3.67. The van der Waals surface area contributed by atoms with Crippen LogP contribution in [0.15, 0.2) is 96.2 Å². The Morgan fingerprint density at radius 1 is 0.906 bits per heavy atom. The minimum Gasteiger partial charge on any atom is -0.326 e. The van der Waals surface area contributed by atoms with Crippen LogP contribution in [0.2, 0.25) is 0 Å². The van der Waals surface area contributed by atoms with Crippen LogP contribution < -0.4 is 10.0 Å². The zero-order valence-corrected chi connectivity index (χ0v) is 18.2. The number of anilines is 2. The SMILES string of the molecule is Cc1ccc(S(=O)(=O)Nc2ccc(NC(=O)Cc3cnn(-c4ccccc4)c3)cc2)cc1. The van der Waals surface area contributed by atoms with Gasteiger partial charge in [0.2, 0.25) is 5.91 Å². The molecule has 0 fully saturated rings. The normalized spacial score (nSPS) is 11.2. The fraction of sp³-hybridized carbons (Fsp3) is 0.0833. The summed E-state index contributed by atoms with van der Waals surface area (Å²) < 4.78 is 29.3. The van der Waals surface area contributed by atoms with Crippen LogP contribution in [0.5, 0.6) is 0 Å². The zero-order chi connectivity index (χ0) is 22.6. The lowest BCUT2D eigenvalue weighted by Crippen LogP contribution is -2.15. The second kappa shape index (κ2) is 9.07. The molecule has 0 saturated carbocycles. The first-order valence-electron chi connectivity index (χ1n) is 9.97. The highest BCUT2D eigenvalue weighted by Crippen LogP contribution is 2.19. The number of hydrogen-bond acceptors (Lipinski definition) is 4. The second-order valence-electron chi connectivity index (χ2n) is 7.35. The Bertz CT molecular complexity index is 1310. The maximum Gasteiger partial charge on any atom is 0.261 e. The van der Waals surface area contributed by atoms with Crippen molar-refractivity contribution in [2.45, 2.75) is 18.2 Å². The molecule has 7 nitrogen and oxygen atoms in total. The first-order chi connectivity index (χ1) is 15.4. The topological polar surface area (TPSA) is 93.1 Å². The lowest BCUT2D eigenvalue weighted by atomic mass is 10.2. The van der Waals surface area contributed by atoms with E-state index in [-0.39, 0.29) is 17.2 Å². The van der Waals surface area contributed by atoms with Gasteiger partial charge in [0.05, 0.1) is 23.2 Å². The number of carbonyl (C=O) groups is 1. The molecular formula is C24H22N4O3S. The Morgan fingerprint density at radius 2 is 1.56 bits per heavy atom. The second-order valence-corrected chi connectivity index (χ2v) is 9.03. The van der Waals surface area contributed by atoms with Gasteiger partial charge in [-0.05, 0) is 61.0 Å². The van der Waals surface area contributed by atoms with E-state index in [1.165, 1.54) is 0 Å². The highest BCUT2D eigenvalue weighted by Gasteiger charge is 2.14. The monoisotopic (exact) mass is 446 g/mol. The molecule has 1 amide bonds. The summed E-state index contributed by atoms with van der Waals surface area (Å²) >= 11 is 0. The van der Waals surface area contributed by atoms with E-state index >= 15 is 0 Å². The molecule has 0 aliphatic heterocycles. The van der Waals surface area contributed by atoms with Gasteiger partial charge in [-0.15, -0.1) is 0 Å². The van der Waals surface area contributed by atoms with Gasteiger partial charge in [-0.2, -0.15) is 5.10 Å². The number of nitrogens with one attached hydrogen (secondary N) is 2. The van der Waals surface area contributed by atoms with Gasteiger partial charge in [-0.25, -0.2) is 13.1 Å². The molecule has 162 valence electrons. The fourth-order valence-corrected chi connectivity index (χ4v) is 4.18. The summed E-state index contributed by atoms with van der Waals surface area (Å²) in [6.45, 7) is 1.90. The Hall–Kier alpha value is -3.91. The maximum atomic E-state index is 12.5. The number of rotatable bonds is 7. The van der Waals surface area contributed by atoms with Crippen LogP contribution in [0.4, 0.5) is 11.4 Å². The molecule has 0 unspecified atom stereocenters. The van der Waals surface area contributed by atoms with E-state index in [1.807, 2.05) is 43.5 Å². The lowest BCUT2D eigenvalue weighted by Gasteiger charge is -2.10. The van der Waals surface area contributed by atoms with Gasteiger partial charge in [-0.3, -0.25) is 9.52 Å². The van der Waals surface area contributed by atoms with E-state index in [1.54, 1.807) is 59.4 Å². The van der Waals surface area contributed by atoms with Crippen LogP contribution in [-0.4, -0.2) is 24.1 Å². The van der Waals surface area contributed by atoms with E-state index in [2.05, 4.69) is 15.1 Å². The molecule has 0 aliphatic carbocycles. The van der Waals surface area contributed by atoms with Crippen molar-refractivity contribution < 1.29 is 13.2 Å². The van der Waals surface area contributed by atoms with Crippen LogP contribution >= 0.6 is 0 Å².